The maximum absolute atomic E-state index is 13.2. The Balaban J connectivity index is 4.69. The SMILES string of the molecule is CCCCC/C=C\C/C=C\C/C=C\C/C=C\CCCC(=O)OC(CCCCCCCCC/C=C\C/C=C\CCCCC)CC(=O)NC(CO)C(O)CCCCCCCCCCC. The lowest BCUT2D eigenvalue weighted by Gasteiger charge is -2.24. The molecule has 358 valence electrons. The molecular formula is C56H99NO5. The van der Waals surface area contributed by atoms with Crippen LogP contribution in [0.5, 0.6) is 0 Å². The molecule has 0 aromatic rings. The zero-order valence-electron chi connectivity index (χ0n) is 40.7. The normalized spacial score (nSPS) is 13.8. The third kappa shape index (κ3) is 43.9. The van der Waals surface area contributed by atoms with Crippen molar-refractivity contribution in [2.45, 2.75) is 264 Å². The molecule has 0 saturated heterocycles. The van der Waals surface area contributed by atoms with E-state index in [1.54, 1.807) is 0 Å². The van der Waals surface area contributed by atoms with E-state index < -0.39 is 18.2 Å². The number of hydrogen-bond acceptors (Lipinski definition) is 5. The molecule has 62 heavy (non-hydrogen) atoms. The van der Waals surface area contributed by atoms with E-state index in [0.717, 1.165) is 77.0 Å². The van der Waals surface area contributed by atoms with Crippen molar-refractivity contribution in [3.8, 4) is 0 Å². The Morgan fingerprint density at radius 2 is 0.823 bits per heavy atom. The predicted octanol–water partition coefficient (Wildman–Crippen LogP) is 15.8. The fraction of sp³-hybridized carbons (Fsp3) is 0.750. The van der Waals surface area contributed by atoms with Gasteiger partial charge in [-0.1, -0.05) is 209 Å². The summed E-state index contributed by atoms with van der Waals surface area (Å²) in [5.74, 6) is -0.550. The number of aliphatic hydroxyl groups excluding tert-OH is 2. The van der Waals surface area contributed by atoms with Crippen LogP contribution in [0.15, 0.2) is 72.9 Å². The van der Waals surface area contributed by atoms with Gasteiger partial charge in [-0.2, -0.15) is 0 Å². The van der Waals surface area contributed by atoms with Crippen molar-refractivity contribution in [3.63, 3.8) is 0 Å². The molecule has 3 unspecified atom stereocenters. The maximum Gasteiger partial charge on any atom is 0.306 e. The van der Waals surface area contributed by atoms with Gasteiger partial charge in [0.2, 0.25) is 5.91 Å². The van der Waals surface area contributed by atoms with Crippen LogP contribution in [0.2, 0.25) is 0 Å². The Morgan fingerprint density at radius 3 is 1.27 bits per heavy atom. The first-order valence-corrected chi connectivity index (χ1v) is 26.2. The summed E-state index contributed by atoms with van der Waals surface area (Å²) in [7, 11) is 0. The molecule has 0 saturated carbocycles. The Bertz CT molecular complexity index is 1150. The van der Waals surface area contributed by atoms with Crippen LogP contribution >= 0.6 is 0 Å². The quantitative estimate of drug-likeness (QED) is 0.0322. The van der Waals surface area contributed by atoms with E-state index in [2.05, 4.69) is 99.0 Å². The van der Waals surface area contributed by atoms with Crippen molar-refractivity contribution in [3.05, 3.63) is 72.9 Å². The molecule has 1 amide bonds. The highest BCUT2D eigenvalue weighted by molar-refractivity contribution is 5.77. The van der Waals surface area contributed by atoms with Gasteiger partial charge in [0.15, 0.2) is 0 Å². The number of aliphatic hydroxyl groups is 2. The van der Waals surface area contributed by atoms with Crippen LogP contribution in [0.1, 0.15) is 245 Å². The first-order chi connectivity index (χ1) is 30.5. The van der Waals surface area contributed by atoms with E-state index in [9.17, 15) is 19.8 Å². The van der Waals surface area contributed by atoms with Crippen LogP contribution < -0.4 is 5.32 Å². The van der Waals surface area contributed by atoms with Gasteiger partial charge < -0.3 is 20.3 Å². The highest BCUT2D eigenvalue weighted by atomic mass is 16.5. The highest BCUT2D eigenvalue weighted by Crippen LogP contribution is 2.17. The van der Waals surface area contributed by atoms with Crippen LogP contribution in [-0.2, 0) is 14.3 Å². The minimum Gasteiger partial charge on any atom is -0.462 e. The number of ether oxygens (including phenoxy) is 1. The molecule has 6 nitrogen and oxygen atoms in total. The lowest BCUT2D eigenvalue weighted by Crippen LogP contribution is -2.46. The van der Waals surface area contributed by atoms with E-state index in [-0.39, 0.29) is 24.9 Å². The lowest BCUT2D eigenvalue weighted by molar-refractivity contribution is -0.151. The van der Waals surface area contributed by atoms with E-state index >= 15 is 0 Å². The van der Waals surface area contributed by atoms with Crippen LogP contribution in [0.25, 0.3) is 0 Å². The van der Waals surface area contributed by atoms with E-state index in [4.69, 9.17) is 4.74 Å². The Hall–Kier alpha value is -2.70. The summed E-state index contributed by atoms with van der Waals surface area (Å²) in [6.07, 6.45) is 62.5. The summed E-state index contributed by atoms with van der Waals surface area (Å²) in [6.45, 7) is 6.40. The van der Waals surface area contributed by atoms with Gasteiger partial charge in [-0.15, -0.1) is 0 Å². The van der Waals surface area contributed by atoms with Crippen molar-refractivity contribution in [2.24, 2.45) is 0 Å². The van der Waals surface area contributed by atoms with Gasteiger partial charge >= 0.3 is 5.97 Å². The molecular weight excluding hydrogens is 767 g/mol. The van der Waals surface area contributed by atoms with E-state index in [1.165, 1.54) is 116 Å². The van der Waals surface area contributed by atoms with Crippen molar-refractivity contribution in [1.82, 2.24) is 5.32 Å². The molecule has 0 bridgehead atoms. The molecule has 0 aliphatic rings. The number of esters is 1. The average Bonchev–Trinajstić information content (AvgIpc) is 3.26. The molecule has 3 N–H and O–H groups in total. The fourth-order valence-corrected chi connectivity index (χ4v) is 7.51. The second-order valence-corrected chi connectivity index (χ2v) is 17.6. The fourth-order valence-electron chi connectivity index (χ4n) is 7.51. The molecule has 0 radical (unpaired) electrons. The highest BCUT2D eigenvalue weighted by Gasteiger charge is 2.24. The van der Waals surface area contributed by atoms with Gasteiger partial charge in [-0.25, -0.2) is 0 Å². The van der Waals surface area contributed by atoms with Gasteiger partial charge in [0.05, 0.1) is 25.2 Å². The van der Waals surface area contributed by atoms with Crippen LogP contribution in [0.4, 0.5) is 0 Å². The standard InChI is InChI=1S/C56H99NO5/c1-4-7-10-13-16-19-21-23-25-27-29-31-33-36-38-41-44-47-52(50-55(60)57-53(51-58)54(59)48-45-42-39-35-18-15-12-9-6-3)62-56(61)49-46-43-40-37-34-32-30-28-26-24-22-20-17-14-11-8-5-2/h16-17,19-20,23-26,30,32,37,40,52-54,58-59H,4-15,18,21-22,27-29,31,33-36,38-39,41-51H2,1-3H3,(H,57,60)/b19-16-,20-17-,25-23-,26-24-,32-30-,40-37-. The molecule has 0 aliphatic heterocycles. The first-order valence-electron chi connectivity index (χ1n) is 26.2. The summed E-state index contributed by atoms with van der Waals surface area (Å²) in [6, 6.07) is -0.717. The third-order valence-electron chi connectivity index (χ3n) is 11.5. The average molecular weight is 866 g/mol. The summed E-state index contributed by atoms with van der Waals surface area (Å²) in [4.78, 5) is 26.1. The molecule has 0 fully saturated rings. The molecule has 3 atom stereocenters. The van der Waals surface area contributed by atoms with Crippen molar-refractivity contribution in [2.75, 3.05) is 6.61 Å². The molecule has 0 aromatic carbocycles. The number of unbranched alkanes of at least 4 members (excludes halogenated alkanes) is 22. The van der Waals surface area contributed by atoms with Gasteiger partial charge in [0, 0.05) is 6.42 Å². The smallest absolute Gasteiger partial charge is 0.306 e. The molecule has 0 rings (SSSR count). The zero-order valence-corrected chi connectivity index (χ0v) is 40.7. The number of carbonyl (C=O) groups is 2. The Kier molecular flexibility index (Phi) is 47.2. The predicted molar refractivity (Wildman–Crippen MR) is 268 cm³/mol. The van der Waals surface area contributed by atoms with E-state index in [0.29, 0.717) is 25.7 Å². The number of rotatable bonds is 46. The topological polar surface area (TPSA) is 95.9 Å². The van der Waals surface area contributed by atoms with Crippen molar-refractivity contribution >= 4 is 11.9 Å². The second-order valence-electron chi connectivity index (χ2n) is 17.6. The third-order valence-corrected chi connectivity index (χ3v) is 11.5. The number of amides is 1. The summed E-state index contributed by atoms with van der Waals surface area (Å²) < 4.78 is 5.91. The van der Waals surface area contributed by atoms with Crippen LogP contribution in [0.3, 0.4) is 0 Å². The maximum atomic E-state index is 13.2. The zero-order chi connectivity index (χ0) is 45.2. The molecule has 0 aromatic heterocycles. The largest absolute Gasteiger partial charge is 0.462 e. The molecule has 6 heteroatoms. The van der Waals surface area contributed by atoms with Gasteiger partial charge in [0.25, 0.3) is 0 Å². The minimum absolute atomic E-state index is 0.0479. The monoisotopic (exact) mass is 866 g/mol. The Labute approximate surface area is 383 Å². The number of allylic oxidation sites excluding steroid dienone is 12. The first kappa shape index (κ1) is 59.3. The van der Waals surface area contributed by atoms with Gasteiger partial charge in [0.1, 0.15) is 6.10 Å². The number of carbonyl (C=O) groups excluding carboxylic acids is 2. The number of nitrogens with one attached hydrogen (secondary N) is 1. The number of hydrogen-bond donors (Lipinski definition) is 3. The Morgan fingerprint density at radius 1 is 0.468 bits per heavy atom. The van der Waals surface area contributed by atoms with Crippen molar-refractivity contribution < 1.29 is 24.5 Å². The summed E-state index contributed by atoms with van der Waals surface area (Å²) in [5.41, 5.74) is 0. The van der Waals surface area contributed by atoms with E-state index in [1.807, 2.05) is 0 Å². The molecule has 0 spiro atoms. The van der Waals surface area contributed by atoms with Crippen LogP contribution in [0, 0.1) is 0 Å². The molecule has 0 heterocycles. The van der Waals surface area contributed by atoms with Gasteiger partial charge in [-0.3, -0.25) is 9.59 Å². The lowest BCUT2D eigenvalue weighted by atomic mass is 10.0. The van der Waals surface area contributed by atoms with Gasteiger partial charge in [-0.05, 0) is 96.3 Å². The summed E-state index contributed by atoms with van der Waals surface area (Å²) in [5, 5.41) is 23.7. The minimum atomic E-state index is -0.800. The summed E-state index contributed by atoms with van der Waals surface area (Å²) >= 11 is 0. The van der Waals surface area contributed by atoms with Crippen LogP contribution in [-0.4, -0.2) is 46.9 Å². The van der Waals surface area contributed by atoms with Crippen molar-refractivity contribution in [1.29, 1.82) is 0 Å². The molecule has 0 aliphatic carbocycles. The second kappa shape index (κ2) is 49.3.